The summed E-state index contributed by atoms with van der Waals surface area (Å²) < 4.78 is 14.4. The van der Waals surface area contributed by atoms with E-state index in [2.05, 4.69) is 12.3 Å². The fourth-order valence-electron chi connectivity index (χ4n) is 1.73. The molecule has 0 rings (SSSR count). The number of halogens is 1. The van der Waals surface area contributed by atoms with Gasteiger partial charge in [-0.3, -0.25) is 10.2 Å². The molecule has 0 aromatic rings. The van der Waals surface area contributed by atoms with Crippen molar-refractivity contribution < 1.29 is 9.18 Å². The molecule has 1 amide bonds. The number of hydrogen-bond donors (Lipinski definition) is 1. The van der Waals surface area contributed by atoms with Crippen molar-refractivity contribution >= 4 is 5.91 Å². The molecule has 0 saturated carbocycles. The van der Waals surface area contributed by atoms with Crippen molar-refractivity contribution in [1.29, 1.82) is 0 Å². The van der Waals surface area contributed by atoms with Crippen LogP contribution in [0.2, 0.25) is 0 Å². The van der Waals surface area contributed by atoms with E-state index in [0.717, 1.165) is 19.3 Å². The highest BCUT2D eigenvalue weighted by Gasteiger charge is 2.36. The standard InChI is InChI=1S/C13H27FN2O/c1-5-9-10-11-13(14,6-2)12(17)15-16(7-3)8-4/h5-11H2,1-4H3,(H,15,17). The first-order valence-electron chi connectivity index (χ1n) is 6.78. The summed E-state index contributed by atoms with van der Waals surface area (Å²) in [6.45, 7) is 9.06. The van der Waals surface area contributed by atoms with Crippen LogP contribution in [0.1, 0.15) is 59.8 Å². The molecule has 17 heavy (non-hydrogen) atoms. The highest BCUT2D eigenvalue weighted by Crippen LogP contribution is 2.24. The molecule has 4 heteroatoms. The Morgan fingerprint density at radius 2 is 1.76 bits per heavy atom. The molecule has 0 aromatic carbocycles. The van der Waals surface area contributed by atoms with Crippen LogP contribution in [0.5, 0.6) is 0 Å². The van der Waals surface area contributed by atoms with Crippen molar-refractivity contribution in [2.24, 2.45) is 0 Å². The number of hydrazine groups is 1. The first-order chi connectivity index (χ1) is 8.03. The summed E-state index contributed by atoms with van der Waals surface area (Å²) >= 11 is 0. The zero-order chi connectivity index (χ0) is 13.3. The second-order valence-electron chi connectivity index (χ2n) is 4.39. The summed E-state index contributed by atoms with van der Waals surface area (Å²) in [6.07, 6.45) is 3.35. The Morgan fingerprint density at radius 3 is 2.18 bits per heavy atom. The van der Waals surface area contributed by atoms with Gasteiger partial charge in [-0.05, 0) is 19.3 Å². The normalized spacial score (nSPS) is 14.7. The van der Waals surface area contributed by atoms with E-state index in [1.165, 1.54) is 0 Å². The number of alkyl halides is 1. The van der Waals surface area contributed by atoms with E-state index in [1.54, 1.807) is 11.9 Å². The third kappa shape index (κ3) is 5.48. The molecule has 0 aromatic heterocycles. The minimum atomic E-state index is -1.71. The lowest BCUT2D eigenvalue weighted by atomic mass is 9.94. The van der Waals surface area contributed by atoms with Crippen molar-refractivity contribution in [3.63, 3.8) is 0 Å². The third-order valence-electron chi connectivity index (χ3n) is 3.17. The number of carbonyl (C=O) groups is 1. The number of hydrogen-bond acceptors (Lipinski definition) is 2. The Bertz CT molecular complexity index is 219. The van der Waals surface area contributed by atoms with Gasteiger partial charge in [0.1, 0.15) is 0 Å². The van der Waals surface area contributed by atoms with E-state index in [4.69, 9.17) is 0 Å². The van der Waals surface area contributed by atoms with Crippen molar-refractivity contribution in [3.05, 3.63) is 0 Å². The number of unbranched alkanes of at least 4 members (excludes halogenated alkanes) is 2. The fraction of sp³-hybridized carbons (Fsp3) is 0.923. The first kappa shape index (κ1) is 16.4. The van der Waals surface area contributed by atoms with Gasteiger partial charge in [0.2, 0.25) is 0 Å². The monoisotopic (exact) mass is 246 g/mol. The molecule has 0 aliphatic carbocycles. The maximum absolute atomic E-state index is 14.4. The lowest BCUT2D eigenvalue weighted by Crippen LogP contribution is -2.51. The van der Waals surface area contributed by atoms with Crippen LogP contribution < -0.4 is 5.43 Å². The maximum atomic E-state index is 14.4. The van der Waals surface area contributed by atoms with Crippen molar-refractivity contribution in [2.75, 3.05) is 13.1 Å². The summed E-state index contributed by atoms with van der Waals surface area (Å²) in [5.41, 5.74) is 0.944. The highest BCUT2D eigenvalue weighted by molar-refractivity contribution is 5.84. The predicted octanol–water partition coefficient (Wildman–Crippen LogP) is 3.06. The summed E-state index contributed by atoms with van der Waals surface area (Å²) in [6, 6.07) is 0. The van der Waals surface area contributed by atoms with Crippen LogP contribution >= 0.6 is 0 Å². The van der Waals surface area contributed by atoms with Gasteiger partial charge in [-0.25, -0.2) is 9.40 Å². The van der Waals surface area contributed by atoms with Crippen LogP contribution in [-0.4, -0.2) is 29.7 Å². The van der Waals surface area contributed by atoms with Gasteiger partial charge < -0.3 is 0 Å². The molecular formula is C13H27FN2O. The Hall–Kier alpha value is -0.640. The molecule has 0 saturated heterocycles. The van der Waals surface area contributed by atoms with E-state index in [9.17, 15) is 9.18 Å². The van der Waals surface area contributed by atoms with Crippen LogP contribution in [0.4, 0.5) is 4.39 Å². The van der Waals surface area contributed by atoms with Crippen LogP contribution in [0, 0.1) is 0 Å². The van der Waals surface area contributed by atoms with Crippen LogP contribution in [-0.2, 0) is 4.79 Å². The third-order valence-corrected chi connectivity index (χ3v) is 3.17. The number of nitrogens with zero attached hydrogens (tertiary/aromatic N) is 1. The van der Waals surface area contributed by atoms with Crippen molar-refractivity contribution in [3.8, 4) is 0 Å². The first-order valence-corrected chi connectivity index (χ1v) is 6.78. The lowest BCUT2D eigenvalue weighted by Gasteiger charge is -2.27. The summed E-state index contributed by atoms with van der Waals surface area (Å²) in [5.74, 6) is -0.486. The van der Waals surface area contributed by atoms with E-state index < -0.39 is 11.6 Å². The van der Waals surface area contributed by atoms with E-state index >= 15 is 0 Å². The van der Waals surface area contributed by atoms with Gasteiger partial charge >= 0.3 is 0 Å². The molecule has 0 heterocycles. The minimum Gasteiger partial charge on any atom is -0.286 e. The van der Waals surface area contributed by atoms with E-state index in [1.807, 2.05) is 13.8 Å². The fourth-order valence-corrected chi connectivity index (χ4v) is 1.73. The summed E-state index contributed by atoms with van der Waals surface area (Å²) in [4.78, 5) is 11.9. The van der Waals surface area contributed by atoms with Gasteiger partial charge in [-0.1, -0.05) is 40.5 Å². The average Bonchev–Trinajstić information content (AvgIpc) is 2.35. The molecule has 1 unspecified atom stereocenters. The van der Waals surface area contributed by atoms with Crippen LogP contribution in [0.3, 0.4) is 0 Å². The number of rotatable bonds is 9. The molecule has 0 bridgehead atoms. The topological polar surface area (TPSA) is 32.3 Å². The molecule has 3 nitrogen and oxygen atoms in total. The molecule has 0 aliphatic heterocycles. The minimum absolute atomic E-state index is 0.240. The van der Waals surface area contributed by atoms with Gasteiger partial charge in [0.15, 0.2) is 5.67 Å². The van der Waals surface area contributed by atoms with Gasteiger partial charge in [-0.2, -0.15) is 0 Å². The van der Waals surface area contributed by atoms with Gasteiger partial charge in [-0.15, -0.1) is 0 Å². The Labute approximate surface area is 105 Å². The zero-order valence-corrected chi connectivity index (χ0v) is 11.7. The van der Waals surface area contributed by atoms with Crippen LogP contribution in [0.15, 0.2) is 0 Å². The Kier molecular flexibility index (Phi) is 8.13. The molecule has 102 valence electrons. The molecule has 1 atom stereocenters. The van der Waals surface area contributed by atoms with Crippen molar-refractivity contribution in [2.45, 2.75) is 65.5 Å². The Balaban J connectivity index is 4.35. The largest absolute Gasteiger partial charge is 0.286 e. The van der Waals surface area contributed by atoms with E-state index in [-0.39, 0.29) is 6.42 Å². The van der Waals surface area contributed by atoms with Gasteiger partial charge in [0, 0.05) is 13.1 Å². The number of carbonyl (C=O) groups excluding carboxylic acids is 1. The number of amides is 1. The van der Waals surface area contributed by atoms with Crippen LogP contribution in [0.25, 0.3) is 0 Å². The highest BCUT2D eigenvalue weighted by atomic mass is 19.1. The molecule has 0 spiro atoms. The predicted molar refractivity (Wildman–Crippen MR) is 69.3 cm³/mol. The second kappa shape index (κ2) is 8.45. The smallest absolute Gasteiger partial charge is 0.271 e. The SMILES string of the molecule is CCCCCC(F)(CC)C(=O)NN(CC)CC. The summed E-state index contributed by atoms with van der Waals surface area (Å²) in [5, 5.41) is 1.73. The number of nitrogens with one attached hydrogen (secondary N) is 1. The Morgan fingerprint density at radius 1 is 1.18 bits per heavy atom. The second-order valence-corrected chi connectivity index (χ2v) is 4.39. The molecule has 0 aliphatic rings. The van der Waals surface area contributed by atoms with Gasteiger partial charge in [0.25, 0.3) is 5.91 Å². The van der Waals surface area contributed by atoms with E-state index in [0.29, 0.717) is 19.5 Å². The van der Waals surface area contributed by atoms with Gasteiger partial charge in [0.05, 0.1) is 0 Å². The average molecular weight is 246 g/mol. The summed E-state index contributed by atoms with van der Waals surface area (Å²) in [7, 11) is 0. The quantitative estimate of drug-likeness (QED) is 0.501. The molecule has 0 fully saturated rings. The van der Waals surface area contributed by atoms with Crippen molar-refractivity contribution in [1.82, 2.24) is 10.4 Å². The molecule has 0 radical (unpaired) electrons. The molecule has 1 N–H and O–H groups in total. The molecular weight excluding hydrogens is 219 g/mol. The lowest BCUT2D eigenvalue weighted by molar-refractivity contribution is -0.138. The zero-order valence-electron chi connectivity index (χ0n) is 11.7. The maximum Gasteiger partial charge on any atom is 0.271 e.